The van der Waals surface area contributed by atoms with Gasteiger partial charge in [-0.25, -0.2) is 0 Å². The van der Waals surface area contributed by atoms with Gasteiger partial charge in [-0.15, -0.1) is 10.2 Å². The van der Waals surface area contributed by atoms with Gasteiger partial charge in [-0.2, -0.15) is 0 Å². The second kappa shape index (κ2) is 7.57. The lowest BCUT2D eigenvalue weighted by Crippen LogP contribution is -2.52. The topological polar surface area (TPSA) is 109 Å². The second-order valence-electron chi connectivity index (χ2n) is 7.57. The molecular weight excluding hydrogens is 360 g/mol. The van der Waals surface area contributed by atoms with Crippen molar-refractivity contribution in [2.24, 2.45) is 0 Å². The summed E-state index contributed by atoms with van der Waals surface area (Å²) < 4.78 is 1.72. The number of carbonyl (C=O) groups is 3. The Kier molecular flexibility index (Phi) is 4.97. The zero-order valence-corrected chi connectivity index (χ0v) is 15.8. The number of rotatable bonds is 5. The molecule has 2 unspecified atom stereocenters. The lowest BCUT2D eigenvalue weighted by Gasteiger charge is -2.39. The quantitative estimate of drug-likeness (QED) is 0.781. The minimum Gasteiger partial charge on any atom is -0.356 e. The fraction of sp³-hybridized carbons (Fsp3) is 0.526. The molecule has 0 spiro atoms. The number of hydrogen-bond donors (Lipinski definition) is 2. The maximum atomic E-state index is 12.6. The van der Waals surface area contributed by atoms with Crippen LogP contribution >= 0.6 is 0 Å². The number of carbonyl (C=O) groups excluding carboxylic acids is 3. The molecule has 2 aromatic heterocycles. The fourth-order valence-electron chi connectivity index (χ4n) is 4.41. The third-order valence-electron chi connectivity index (χ3n) is 5.62. The van der Waals surface area contributed by atoms with Crippen molar-refractivity contribution >= 4 is 23.4 Å². The van der Waals surface area contributed by atoms with Gasteiger partial charge in [0.1, 0.15) is 6.33 Å². The highest BCUT2D eigenvalue weighted by atomic mass is 16.2. The van der Waals surface area contributed by atoms with E-state index in [1.54, 1.807) is 29.1 Å². The predicted molar refractivity (Wildman–Crippen MR) is 100 cm³/mol. The number of hydrogen-bond acceptors (Lipinski definition) is 5. The second-order valence-corrected chi connectivity index (χ2v) is 7.57. The van der Waals surface area contributed by atoms with Gasteiger partial charge in [0.2, 0.25) is 11.8 Å². The third kappa shape index (κ3) is 3.69. The molecule has 148 valence electrons. The van der Waals surface area contributed by atoms with Crippen LogP contribution < -0.4 is 10.6 Å². The molecule has 9 heteroatoms. The van der Waals surface area contributed by atoms with E-state index in [-0.39, 0.29) is 35.8 Å². The summed E-state index contributed by atoms with van der Waals surface area (Å²) in [4.78, 5) is 38.2. The molecular formula is C19H24N6O3. The molecule has 0 saturated carbocycles. The summed E-state index contributed by atoms with van der Waals surface area (Å²) in [6.07, 6.45) is 7.08. The minimum atomic E-state index is -0.123. The molecule has 3 amide bonds. The van der Waals surface area contributed by atoms with E-state index in [2.05, 4.69) is 20.8 Å². The first-order valence-electron chi connectivity index (χ1n) is 9.67. The number of piperidine rings is 1. The van der Waals surface area contributed by atoms with E-state index in [0.29, 0.717) is 24.2 Å². The van der Waals surface area contributed by atoms with E-state index in [1.165, 1.54) is 6.92 Å². The molecule has 2 atom stereocenters. The van der Waals surface area contributed by atoms with Gasteiger partial charge < -0.3 is 15.5 Å². The van der Waals surface area contributed by atoms with Gasteiger partial charge >= 0.3 is 0 Å². The minimum absolute atomic E-state index is 0.0565. The van der Waals surface area contributed by atoms with E-state index < -0.39 is 0 Å². The first-order chi connectivity index (χ1) is 13.5. The lowest BCUT2D eigenvalue weighted by molar-refractivity contribution is -0.135. The number of nitrogens with one attached hydrogen (secondary N) is 2. The summed E-state index contributed by atoms with van der Waals surface area (Å²) in [7, 11) is 0. The van der Waals surface area contributed by atoms with Crippen LogP contribution in [0.25, 0.3) is 5.65 Å². The van der Waals surface area contributed by atoms with Crippen LogP contribution in [0.5, 0.6) is 0 Å². The largest absolute Gasteiger partial charge is 0.356 e. The highest BCUT2D eigenvalue weighted by molar-refractivity contribution is 5.94. The maximum absolute atomic E-state index is 12.6. The van der Waals surface area contributed by atoms with Crippen molar-refractivity contribution in [1.29, 1.82) is 0 Å². The Bertz CT molecular complexity index is 896. The number of pyridine rings is 1. The average molecular weight is 384 g/mol. The Morgan fingerprint density at radius 3 is 2.64 bits per heavy atom. The van der Waals surface area contributed by atoms with Crippen LogP contribution in [-0.2, 0) is 9.59 Å². The van der Waals surface area contributed by atoms with Crippen molar-refractivity contribution < 1.29 is 14.4 Å². The zero-order chi connectivity index (χ0) is 19.7. The molecule has 4 rings (SSSR count). The zero-order valence-electron chi connectivity index (χ0n) is 15.8. The SMILES string of the molecule is CC(=O)NCCC(=O)N1C2CCC1CC(NC(=O)c1ccc3nncn3c1)C2. The third-order valence-corrected chi connectivity index (χ3v) is 5.62. The Morgan fingerprint density at radius 2 is 1.93 bits per heavy atom. The van der Waals surface area contributed by atoms with Crippen LogP contribution in [-0.4, -0.2) is 61.9 Å². The summed E-state index contributed by atoms with van der Waals surface area (Å²) >= 11 is 0. The van der Waals surface area contributed by atoms with Crippen molar-refractivity contribution in [3.8, 4) is 0 Å². The van der Waals surface area contributed by atoms with E-state index in [1.807, 2.05) is 4.90 Å². The van der Waals surface area contributed by atoms with E-state index in [0.717, 1.165) is 25.7 Å². The van der Waals surface area contributed by atoms with Gasteiger partial charge in [0, 0.05) is 44.2 Å². The summed E-state index contributed by atoms with van der Waals surface area (Å²) in [5.74, 6) is -0.156. The number of nitrogens with zero attached hydrogens (tertiary/aromatic N) is 4. The highest BCUT2D eigenvalue weighted by Gasteiger charge is 2.43. The smallest absolute Gasteiger partial charge is 0.253 e. The molecule has 2 aliphatic rings. The number of aromatic nitrogens is 3. The molecule has 0 radical (unpaired) electrons. The molecule has 2 bridgehead atoms. The van der Waals surface area contributed by atoms with Crippen LogP contribution in [0, 0.1) is 0 Å². The van der Waals surface area contributed by atoms with Gasteiger partial charge in [0.05, 0.1) is 5.56 Å². The average Bonchev–Trinajstić information content (AvgIpc) is 3.23. The number of amides is 3. The molecule has 2 aromatic rings. The number of fused-ring (bicyclic) bond motifs is 3. The first-order valence-corrected chi connectivity index (χ1v) is 9.67. The molecule has 2 fully saturated rings. The molecule has 28 heavy (non-hydrogen) atoms. The standard InChI is InChI=1S/C19H24N6O3/c1-12(26)20-7-6-18(27)25-15-3-4-16(25)9-14(8-15)22-19(28)13-2-5-17-23-21-11-24(17)10-13/h2,5,10-11,14-16H,3-4,6-9H2,1H3,(H,20,26)(H,22,28). The van der Waals surface area contributed by atoms with Crippen molar-refractivity contribution in [3.05, 3.63) is 30.2 Å². The molecule has 9 nitrogen and oxygen atoms in total. The Balaban J connectivity index is 1.35. The van der Waals surface area contributed by atoms with E-state index >= 15 is 0 Å². The Morgan fingerprint density at radius 1 is 1.18 bits per heavy atom. The Hall–Kier alpha value is -2.97. The monoisotopic (exact) mass is 384 g/mol. The summed E-state index contributed by atoms with van der Waals surface area (Å²) in [6.45, 7) is 1.82. The summed E-state index contributed by atoms with van der Waals surface area (Å²) in [5, 5.41) is 13.6. The van der Waals surface area contributed by atoms with Crippen molar-refractivity contribution in [3.63, 3.8) is 0 Å². The molecule has 2 aliphatic heterocycles. The summed E-state index contributed by atoms with van der Waals surface area (Å²) in [6, 6.07) is 3.89. The normalized spacial score (nSPS) is 23.6. The van der Waals surface area contributed by atoms with Crippen molar-refractivity contribution in [1.82, 2.24) is 30.1 Å². The van der Waals surface area contributed by atoms with Gasteiger partial charge in [-0.05, 0) is 37.8 Å². The predicted octanol–water partition coefficient (Wildman–Crippen LogP) is 0.507. The molecule has 2 saturated heterocycles. The van der Waals surface area contributed by atoms with E-state index in [4.69, 9.17) is 0 Å². The maximum Gasteiger partial charge on any atom is 0.253 e. The molecule has 4 heterocycles. The highest BCUT2D eigenvalue weighted by Crippen LogP contribution is 2.36. The van der Waals surface area contributed by atoms with Gasteiger partial charge in [0.15, 0.2) is 5.65 Å². The van der Waals surface area contributed by atoms with Crippen LogP contribution in [0.1, 0.15) is 49.4 Å². The van der Waals surface area contributed by atoms with Crippen molar-refractivity contribution in [2.75, 3.05) is 6.54 Å². The molecule has 2 N–H and O–H groups in total. The van der Waals surface area contributed by atoms with Crippen LogP contribution in [0.4, 0.5) is 0 Å². The van der Waals surface area contributed by atoms with Crippen LogP contribution in [0.2, 0.25) is 0 Å². The summed E-state index contributed by atoms with van der Waals surface area (Å²) in [5.41, 5.74) is 1.26. The van der Waals surface area contributed by atoms with Crippen molar-refractivity contribution in [2.45, 2.75) is 57.2 Å². The Labute approximate surface area is 162 Å². The molecule has 0 aromatic carbocycles. The van der Waals surface area contributed by atoms with Crippen LogP contribution in [0.3, 0.4) is 0 Å². The van der Waals surface area contributed by atoms with Gasteiger partial charge in [0.25, 0.3) is 5.91 Å². The first kappa shape index (κ1) is 18.4. The van der Waals surface area contributed by atoms with E-state index in [9.17, 15) is 14.4 Å². The molecule has 0 aliphatic carbocycles. The van der Waals surface area contributed by atoms with Gasteiger partial charge in [-0.1, -0.05) is 0 Å². The fourth-order valence-corrected chi connectivity index (χ4v) is 4.41. The van der Waals surface area contributed by atoms with Crippen LogP contribution in [0.15, 0.2) is 24.7 Å². The lowest BCUT2D eigenvalue weighted by atomic mass is 9.96. The van der Waals surface area contributed by atoms with Gasteiger partial charge in [-0.3, -0.25) is 18.8 Å².